The highest BCUT2D eigenvalue weighted by molar-refractivity contribution is 7.92. The quantitative estimate of drug-likeness (QED) is 0.795. The van der Waals surface area contributed by atoms with E-state index < -0.39 is 22.9 Å². The van der Waals surface area contributed by atoms with E-state index in [1.54, 1.807) is 0 Å². The van der Waals surface area contributed by atoms with Gasteiger partial charge in [0.1, 0.15) is 23.9 Å². The zero-order chi connectivity index (χ0) is 15.8. The summed E-state index contributed by atoms with van der Waals surface area (Å²) in [5, 5.41) is 0. The molecule has 0 atom stereocenters. The third kappa shape index (κ3) is 3.52. The summed E-state index contributed by atoms with van der Waals surface area (Å²) >= 11 is -0.631. The summed E-state index contributed by atoms with van der Waals surface area (Å²) in [5.41, 5.74) is -0.418. The second kappa shape index (κ2) is 5.94. The van der Waals surface area contributed by atoms with Gasteiger partial charge >= 0.3 is 6.18 Å². The van der Waals surface area contributed by atoms with Gasteiger partial charge < -0.3 is 9.29 Å². The van der Waals surface area contributed by atoms with Gasteiger partial charge in [-0.15, -0.1) is 0 Å². The van der Waals surface area contributed by atoms with Gasteiger partial charge in [0, 0.05) is 13.1 Å². The van der Waals surface area contributed by atoms with Crippen molar-refractivity contribution in [2.75, 3.05) is 37.7 Å². The first-order valence-electron chi connectivity index (χ1n) is 7.24. The molecule has 0 radical (unpaired) electrons. The average molecular weight is 333 g/mol. The largest absolute Gasteiger partial charge is 0.616 e. The van der Waals surface area contributed by atoms with Crippen LogP contribution in [0.4, 0.5) is 13.2 Å². The molecule has 0 saturated carbocycles. The monoisotopic (exact) mass is 333 g/mol. The lowest BCUT2D eigenvalue weighted by atomic mass is 9.91. The van der Waals surface area contributed by atoms with E-state index in [1.165, 1.54) is 12.1 Å². The first kappa shape index (κ1) is 16.0. The molecule has 0 bridgehead atoms. The Morgan fingerprint density at radius 1 is 1.23 bits per heavy atom. The fourth-order valence-electron chi connectivity index (χ4n) is 3.13. The molecule has 7 heteroatoms. The number of ether oxygens (including phenoxy) is 1. The Morgan fingerprint density at radius 3 is 2.50 bits per heavy atom. The molecule has 0 N–H and O–H groups in total. The standard InChI is InChI=1S/C15H18F3NO2S/c16-15(17,18)12-1-3-13(4-2-12)21-8-7-19-6-5-14(9-19)10-22(20)11-14/h1-4H,5-11H2. The normalized spacial score (nSPS) is 28.8. The second-order valence-corrected chi connectivity index (χ2v) is 7.58. The molecular weight excluding hydrogens is 315 g/mol. The third-order valence-corrected chi connectivity index (χ3v) is 6.18. The van der Waals surface area contributed by atoms with Gasteiger partial charge in [-0.2, -0.15) is 13.2 Å². The van der Waals surface area contributed by atoms with Crippen LogP contribution >= 0.6 is 0 Å². The van der Waals surface area contributed by atoms with Crippen LogP contribution in [0, 0.1) is 5.41 Å². The Kier molecular flexibility index (Phi) is 4.31. The Morgan fingerprint density at radius 2 is 1.91 bits per heavy atom. The fraction of sp³-hybridized carbons (Fsp3) is 0.600. The molecule has 0 amide bonds. The van der Waals surface area contributed by atoms with E-state index in [4.69, 9.17) is 4.74 Å². The number of hydrogen-bond acceptors (Lipinski definition) is 3. The molecule has 122 valence electrons. The third-order valence-electron chi connectivity index (χ3n) is 4.31. The van der Waals surface area contributed by atoms with Crippen molar-refractivity contribution in [3.05, 3.63) is 29.8 Å². The lowest BCUT2D eigenvalue weighted by molar-refractivity contribution is -0.137. The Labute approximate surface area is 130 Å². The van der Waals surface area contributed by atoms with Gasteiger partial charge in [0.25, 0.3) is 0 Å². The molecule has 1 aromatic rings. The zero-order valence-electron chi connectivity index (χ0n) is 12.1. The van der Waals surface area contributed by atoms with E-state index in [-0.39, 0.29) is 5.41 Å². The summed E-state index contributed by atoms with van der Waals surface area (Å²) in [6, 6.07) is 4.76. The highest BCUT2D eigenvalue weighted by atomic mass is 32.2. The van der Waals surface area contributed by atoms with E-state index in [0.717, 1.165) is 49.7 Å². The molecule has 22 heavy (non-hydrogen) atoms. The number of hydrogen-bond donors (Lipinski definition) is 0. The molecule has 3 rings (SSSR count). The van der Waals surface area contributed by atoms with Gasteiger partial charge in [-0.25, -0.2) is 0 Å². The van der Waals surface area contributed by atoms with Crippen LogP contribution in [0.1, 0.15) is 12.0 Å². The van der Waals surface area contributed by atoms with Crippen LogP contribution in [-0.4, -0.2) is 47.2 Å². The zero-order valence-corrected chi connectivity index (χ0v) is 12.9. The molecule has 2 heterocycles. The highest BCUT2D eigenvalue weighted by Crippen LogP contribution is 2.41. The van der Waals surface area contributed by atoms with E-state index >= 15 is 0 Å². The number of rotatable bonds is 4. The van der Waals surface area contributed by atoms with Crippen molar-refractivity contribution in [2.45, 2.75) is 12.6 Å². The summed E-state index contributed by atoms with van der Waals surface area (Å²) in [6.07, 6.45) is -3.23. The maximum atomic E-state index is 12.4. The van der Waals surface area contributed by atoms with Crippen molar-refractivity contribution in [2.24, 2.45) is 5.41 Å². The lowest BCUT2D eigenvalue weighted by Gasteiger charge is -2.38. The summed E-state index contributed by atoms with van der Waals surface area (Å²) in [5.74, 6) is 2.07. The van der Waals surface area contributed by atoms with Crippen LogP contribution in [-0.2, 0) is 17.4 Å². The van der Waals surface area contributed by atoms with Crippen molar-refractivity contribution in [1.82, 2.24) is 4.90 Å². The summed E-state index contributed by atoms with van der Waals surface area (Å²) in [6.45, 7) is 3.13. The summed E-state index contributed by atoms with van der Waals surface area (Å²) in [4.78, 5) is 2.28. The van der Waals surface area contributed by atoms with E-state index in [1.807, 2.05) is 0 Å². The van der Waals surface area contributed by atoms with Crippen molar-refractivity contribution in [3.63, 3.8) is 0 Å². The summed E-state index contributed by atoms with van der Waals surface area (Å²) < 4.78 is 54.1. The topological polar surface area (TPSA) is 35.5 Å². The first-order valence-corrected chi connectivity index (χ1v) is 8.73. The lowest BCUT2D eigenvalue weighted by Crippen LogP contribution is -2.50. The van der Waals surface area contributed by atoms with Crippen LogP contribution < -0.4 is 4.74 Å². The van der Waals surface area contributed by atoms with E-state index in [2.05, 4.69) is 4.90 Å². The van der Waals surface area contributed by atoms with E-state index in [0.29, 0.717) is 12.4 Å². The minimum Gasteiger partial charge on any atom is -0.616 e. The molecule has 0 aliphatic carbocycles. The van der Waals surface area contributed by atoms with Gasteiger partial charge in [-0.3, -0.25) is 4.90 Å². The van der Waals surface area contributed by atoms with E-state index in [9.17, 15) is 17.7 Å². The van der Waals surface area contributed by atoms with Crippen molar-refractivity contribution < 1.29 is 22.5 Å². The van der Waals surface area contributed by atoms with Crippen molar-refractivity contribution >= 4 is 11.2 Å². The van der Waals surface area contributed by atoms with Gasteiger partial charge in [0.05, 0.1) is 11.0 Å². The highest BCUT2D eigenvalue weighted by Gasteiger charge is 2.52. The number of benzene rings is 1. The van der Waals surface area contributed by atoms with Crippen LogP contribution in [0.5, 0.6) is 5.75 Å². The van der Waals surface area contributed by atoms with Crippen LogP contribution in [0.3, 0.4) is 0 Å². The maximum Gasteiger partial charge on any atom is 0.416 e. The predicted octanol–water partition coefficient (Wildman–Crippen LogP) is 2.54. The van der Waals surface area contributed by atoms with Crippen molar-refractivity contribution in [3.8, 4) is 5.75 Å². The molecule has 2 aliphatic rings. The number of likely N-dealkylation sites (tertiary alicyclic amines) is 1. The minimum atomic E-state index is -4.31. The maximum absolute atomic E-state index is 12.4. The number of halogens is 3. The molecule has 2 saturated heterocycles. The van der Waals surface area contributed by atoms with Crippen LogP contribution in [0.2, 0.25) is 0 Å². The molecule has 2 aliphatic heterocycles. The fourth-order valence-corrected chi connectivity index (χ4v) is 4.88. The Balaban J connectivity index is 1.42. The Hall–Kier alpha value is -0.920. The predicted molar refractivity (Wildman–Crippen MR) is 78.3 cm³/mol. The second-order valence-electron chi connectivity index (χ2n) is 6.13. The van der Waals surface area contributed by atoms with Gasteiger partial charge in [-0.1, -0.05) is 11.2 Å². The molecule has 3 nitrogen and oxygen atoms in total. The van der Waals surface area contributed by atoms with Gasteiger partial charge in [0.15, 0.2) is 0 Å². The van der Waals surface area contributed by atoms with Crippen molar-refractivity contribution in [1.29, 1.82) is 0 Å². The van der Waals surface area contributed by atoms with Gasteiger partial charge in [0.2, 0.25) is 0 Å². The molecular formula is C15H18F3NO2S. The molecule has 2 fully saturated rings. The van der Waals surface area contributed by atoms with Crippen LogP contribution in [0.15, 0.2) is 24.3 Å². The minimum absolute atomic E-state index is 0.249. The molecule has 1 spiro atoms. The molecule has 0 aromatic heterocycles. The SMILES string of the molecule is [O-][S+]1CC2(CCN(CCOc3ccc(C(F)(F)F)cc3)C2)C1. The smallest absolute Gasteiger partial charge is 0.416 e. The molecule has 1 aromatic carbocycles. The average Bonchev–Trinajstić information content (AvgIpc) is 2.82. The first-order chi connectivity index (χ1) is 10.4. The van der Waals surface area contributed by atoms with Gasteiger partial charge in [-0.05, 0) is 37.2 Å². The molecule has 0 unspecified atom stereocenters. The van der Waals surface area contributed by atoms with Crippen LogP contribution in [0.25, 0.3) is 0 Å². The number of nitrogens with zero attached hydrogens (tertiary/aromatic N) is 1. The number of alkyl halides is 3. The Bertz CT molecular complexity index is 515. The summed E-state index contributed by atoms with van der Waals surface area (Å²) in [7, 11) is 0.